The quantitative estimate of drug-likeness (QED) is 0.864. The van der Waals surface area contributed by atoms with E-state index in [9.17, 15) is 4.79 Å². The van der Waals surface area contributed by atoms with Crippen molar-refractivity contribution < 1.29 is 9.53 Å². The molecule has 0 amide bonds. The summed E-state index contributed by atoms with van der Waals surface area (Å²) in [6.45, 7) is 2.20. The zero-order valence-electron chi connectivity index (χ0n) is 11.6. The van der Waals surface area contributed by atoms with E-state index in [-0.39, 0.29) is 5.97 Å². The van der Waals surface area contributed by atoms with Crippen molar-refractivity contribution >= 4 is 11.5 Å². The summed E-state index contributed by atoms with van der Waals surface area (Å²) in [6, 6.07) is 3.61. The molecular formula is C15H19N3O2. The average molecular weight is 273 g/mol. The molecule has 1 aliphatic rings. The summed E-state index contributed by atoms with van der Waals surface area (Å²) in [7, 11) is 1.39. The molecule has 106 valence electrons. The van der Waals surface area contributed by atoms with Gasteiger partial charge >= 0.3 is 5.97 Å². The fourth-order valence-corrected chi connectivity index (χ4v) is 2.80. The summed E-state index contributed by atoms with van der Waals surface area (Å²) >= 11 is 0. The van der Waals surface area contributed by atoms with Gasteiger partial charge in [0, 0.05) is 12.6 Å². The van der Waals surface area contributed by atoms with Gasteiger partial charge in [0.25, 0.3) is 0 Å². The van der Waals surface area contributed by atoms with Gasteiger partial charge in [-0.1, -0.05) is 0 Å². The van der Waals surface area contributed by atoms with Crippen LogP contribution in [0.25, 0.3) is 5.52 Å². The Morgan fingerprint density at radius 3 is 3.05 bits per heavy atom. The summed E-state index contributed by atoms with van der Waals surface area (Å²) in [5.41, 5.74) is 1.50. The average Bonchev–Trinajstić information content (AvgIpc) is 2.90. The Hall–Kier alpha value is -1.88. The molecule has 1 fully saturated rings. The van der Waals surface area contributed by atoms with Crippen LogP contribution in [0.15, 0.2) is 24.5 Å². The number of imidazole rings is 1. The Morgan fingerprint density at radius 1 is 1.50 bits per heavy atom. The molecule has 0 aliphatic carbocycles. The number of nitrogens with one attached hydrogen (secondary N) is 1. The minimum absolute atomic E-state index is 0.311. The molecule has 0 saturated carbocycles. The molecular weight excluding hydrogens is 254 g/mol. The van der Waals surface area contributed by atoms with E-state index in [1.807, 2.05) is 18.5 Å². The number of fused-ring (bicyclic) bond motifs is 1. The third-order valence-electron chi connectivity index (χ3n) is 3.96. The second kappa shape index (κ2) is 5.63. The lowest BCUT2D eigenvalue weighted by atomic mass is 9.94. The molecule has 5 nitrogen and oxygen atoms in total. The first-order chi connectivity index (χ1) is 9.78. The van der Waals surface area contributed by atoms with Crippen molar-refractivity contribution in [1.29, 1.82) is 0 Å². The number of ether oxygens (including phenoxy) is 1. The number of carbonyl (C=O) groups excluding carboxylic acids is 1. The van der Waals surface area contributed by atoms with Crippen LogP contribution in [-0.4, -0.2) is 35.6 Å². The van der Waals surface area contributed by atoms with Gasteiger partial charge in [-0.25, -0.2) is 9.78 Å². The second-order valence-corrected chi connectivity index (χ2v) is 5.27. The van der Waals surface area contributed by atoms with E-state index in [4.69, 9.17) is 4.74 Å². The number of aromatic nitrogens is 2. The summed E-state index contributed by atoms with van der Waals surface area (Å²) in [6.07, 6.45) is 7.13. The topological polar surface area (TPSA) is 55.6 Å². The predicted molar refractivity (Wildman–Crippen MR) is 75.8 cm³/mol. The van der Waals surface area contributed by atoms with Crippen LogP contribution >= 0.6 is 0 Å². The first-order valence-electron chi connectivity index (χ1n) is 7.03. The van der Waals surface area contributed by atoms with Crippen molar-refractivity contribution in [3.05, 3.63) is 35.9 Å². The summed E-state index contributed by atoms with van der Waals surface area (Å²) in [5.74, 6) is 1.46. The van der Waals surface area contributed by atoms with Crippen molar-refractivity contribution in [3.63, 3.8) is 0 Å². The van der Waals surface area contributed by atoms with Crippen molar-refractivity contribution in [3.8, 4) is 0 Å². The molecule has 0 spiro atoms. The number of esters is 1. The first-order valence-corrected chi connectivity index (χ1v) is 7.03. The molecule has 1 saturated heterocycles. The molecule has 20 heavy (non-hydrogen) atoms. The maximum atomic E-state index is 11.5. The lowest BCUT2D eigenvalue weighted by molar-refractivity contribution is 0.0600. The zero-order chi connectivity index (χ0) is 13.9. The summed E-state index contributed by atoms with van der Waals surface area (Å²) < 4.78 is 6.80. The molecule has 3 rings (SSSR count). The van der Waals surface area contributed by atoms with Gasteiger partial charge < -0.3 is 14.5 Å². The van der Waals surface area contributed by atoms with Crippen LogP contribution in [0.5, 0.6) is 0 Å². The van der Waals surface area contributed by atoms with Crippen LogP contribution in [0, 0.1) is 5.92 Å². The Bertz CT molecular complexity index is 615. The lowest BCUT2D eigenvalue weighted by Crippen LogP contribution is -2.29. The Morgan fingerprint density at radius 2 is 2.30 bits per heavy atom. The van der Waals surface area contributed by atoms with Crippen molar-refractivity contribution in [1.82, 2.24) is 14.7 Å². The molecule has 0 unspecified atom stereocenters. The number of nitrogens with zero attached hydrogens (tertiary/aromatic N) is 2. The molecule has 2 aromatic heterocycles. The largest absolute Gasteiger partial charge is 0.465 e. The standard InChI is InChI=1S/C15H19N3O2/c1-20-15(19)12-4-7-18-13(9-12)10-17-14(18)8-11-2-5-16-6-3-11/h4,7,9-11,16H,2-3,5-6,8H2,1H3. The normalized spacial score (nSPS) is 16.4. The SMILES string of the molecule is COC(=O)c1ccn2c(CC3CCNCC3)ncc2c1. The number of methoxy groups -OCH3 is 1. The van der Waals surface area contributed by atoms with Gasteiger partial charge in [0.15, 0.2) is 0 Å². The molecule has 1 aliphatic heterocycles. The van der Waals surface area contributed by atoms with Crippen LogP contribution in [-0.2, 0) is 11.2 Å². The smallest absolute Gasteiger partial charge is 0.337 e. The molecule has 0 aromatic carbocycles. The third kappa shape index (κ3) is 2.54. The van der Waals surface area contributed by atoms with Crippen molar-refractivity contribution in [2.45, 2.75) is 19.3 Å². The minimum Gasteiger partial charge on any atom is -0.465 e. The molecule has 0 atom stereocenters. The maximum Gasteiger partial charge on any atom is 0.337 e. The molecule has 2 aromatic rings. The fourth-order valence-electron chi connectivity index (χ4n) is 2.80. The minimum atomic E-state index is -0.311. The summed E-state index contributed by atoms with van der Waals surface area (Å²) in [5, 5.41) is 3.38. The Balaban J connectivity index is 1.84. The van der Waals surface area contributed by atoms with E-state index < -0.39 is 0 Å². The first kappa shape index (κ1) is 13.1. The van der Waals surface area contributed by atoms with E-state index in [1.165, 1.54) is 20.0 Å². The molecule has 0 radical (unpaired) electrons. The molecule has 5 heteroatoms. The van der Waals surface area contributed by atoms with Crippen molar-refractivity contribution in [2.24, 2.45) is 5.92 Å². The van der Waals surface area contributed by atoms with Crippen LogP contribution in [0.2, 0.25) is 0 Å². The predicted octanol–water partition coefficient (Wildman–Crippen LogP) is 1.66. The highest BCUT2D eigenvalue weighted by molar-refractivity contribution is 5.90. The number of hydrogen-bond donors (Lipinski definition) is 1. The highest BCUT2D eigenvalue weighted by Gasteiger charge is 2.16. The highest BCUT2D eigenvalue weighted by atomic mass is 16.5. The van der Waals surface area contributed by atoms with Gasteiger partial charge in [-0.05, 0) is 44.0 Å². The van der Waals surface area contributed by atoms with E-state index in [1.54, 1.807) is 6.07 Å². The Labute approximate surface area is 118 Å². The monoisotopic (exact) mass is 273 g/mol. The number of piperidine rings is 1. The fraction of sp³-hybridized carbons (Fsp3) is 0.467. The number of carbonyl (C=O) groups is 1. The Kier molecular flexibility index (Phi) is 3.69. The van der Waals surface area contributed by atoms with Crippen molar-refractivity contribution in [2.75, 3.05) is 20.2 Å². The number of hydrogen-bond acceptors (Lipinski definition) is 4. The van der Waals surface area contributed by atoms with E-state index in [0.29, 0.717) is 11.5 Å². The third-order valence-corrected chi connectivity index (χ3v) is 3.96. The molecule has 1 N–H and O–H groups in total. The van der Waals surface area contributed by atoms with E-state index >= 15 is 0 Å². The van der Waals surface area contributed by atoms with Gasteiger partial charge in [0.1, 0.15) is 5.82 Å². The van der Waals surface area contributed by atoms with Crippen LogP contribution < -0.4 is 5.32 Å². The number of pyridine rings is 1. The lowest BCUT2D eigenvalue weighted by Gasteiger charge is -2.21. The van der Waals surface area contributed by atoms with Gasteiger partial charge in [-0.3, -0.25) is 0 Å². The molecule has 0 bridgehead atoms. The van der Waals surface area contributed by atoms with Crippen LogP contribution in [0.3, 0.4) is 0 Å². The molecule has 3 heterocycles. The maximum absolute atomic E-state index is 11.5. The summed E-state index contributed by atoms with van der Waals surface area (Å²) in [4.78, 5) is 16.0. The highest BCUT2D eigenvalue weighted by Crippen LogP contribution is 2.19. The van der Waals surface area contributed by atoms with Gasteiger partial charge in [0.2, 0.25) is 0 Å². The van der Waals surface area contributed by atoms with Gasteiger partial charge in [0.05, 0.1) is 24.4 Å². The van der Waals surface area contributed by atoms with Gasteiger partial charge in [-0.15, -0.1) is 0 Å². The van der Waals surface area contributed by atoms with Crippen LogP contribution in [0.1, 0.15) is 29.0 Å². The number of rotatable bonds is 3. The van der Waals surface area contributed by atoms with E-state index in [0.717, 1.165) is 30.9 Å². The van der Waals surface area contributed by atoms with Crippen LogP contribution in [0.4, 0.5) is 0 Å². The second-order valence-electron chi connectivity index (χ2n) is 5.27. The van der Waals surface area contributed by atoms with E-state index in [2.05, 4.69) is 14.7 Å². The zero-order valence-corrected chi connectivity index (χ0v) is 11.6. The van der Waals surface area contributed by atoms with Gasteiger partial charge in [-0.2, -0.15) is 0 Å².